The van der Waals surface area contributed by atoms with Crippen LogP contribution < -0.4 is 5.73 Å². The van der Waals surface area contributed by atoms with Crippen molar-refractivity contribution in [2.45, 2.75) is 89.1 Å². The Morgan fingerprint density at radius 1 is 1.23 bits per heavy atom. The number of rotatable bonds is 5. The lowest BCUT2D eigenvalue weighted by Crippen LogP contribution is -2.53. The van der Waals surface area contributed by atoms with Crippen molar-refractivity contribution in [3.8, 4) is 0 Å². The van der Waals surface area contributed by atoms with Crippen molar-refractivity contribution in [1.29, 1.82) is 0 Å². The Balaban J connectivity index is 1.17. The summed E-state index contributed by atoms with van der Waals surface area (Å²) in [7, 11) is 3.26. The van der Waals surface area contributed by atoms with Crippen LogP contribution in [0.4, 0.5) is 0 Å². The summed E-state index contributed by atoms with van der Waals surface area (Å²) < 4.78 is 15.4. The summed E-state index contributed by atoms with van der Waals surface area (Å²) in [6.07, 6.45) is 13.9. The van der Waals surface area contributed by atoms with Crippen LogP contribution in [0.15, 0.2) is 29.2 Å². The molecule has 6 rings (SSSR count). The van der Waals surface area contributed by atoms with Gasteiger partial charge in [-0.1, -0.05) is 24.6 Å². The number of thiophene rings is 1. The van der Waals surface area contributed by atoms with Gasteiger partial charge >= 0.3 is 0 Å². The lowest BCUT2D eigenvalue weighted by atomic mass is 9.47. The predicted octanol–water partition coefficient (Wildman–Crippen LogP) is 5.43. The molecule has 0 bridgehead atoms. The third kappa shape index (κ3) is 3.79. The lowest BCUT2D eigenvalue weighted by Gasteiger charge is -2.58. The highest BCUT2D eigenvalue weighted by Gasteiger charge is 2.64. The monoisotopic (exact) mass is 515 g/mol. The van der Waals surface area contributed by atoms with Crippen LogP contribution in [0.3, 0.4) is 0 Å². The highest BCUT2D eigenvalue weighted by Crippen LogP contribution is 2.68. The molecule has 6 heteroatoms. The second-order valence-corrected chi connectivity index (χ2v) is 15.7. The third-order valence-electron chi connectivity index (χ3n) is 11.7. The standard InChI is InChI=1S/C29H45N3OS2/c1-19-24-9-10-26-23-8-7-20-16-21(32(4)35(33)27(30)17-22-6-5-15-34-22)11-13-28(20,2)25(23)12-14-29(24,26)18-31(19)3/h5-7,15,19,21,23-27H,8-14,16-18,30H2,1-4H3/t19-,21-,23+,24+,25?,26-,27-,28-,29-,35?/m0/s1. The van der Waals surface area contributed by atoms with E-state index in [1.54, 1.807) is 16.9 Å². The van der Waals surface area contributed by atoms with Crippen LogP contribution in [0.25, 0.3) is 0 Å². The molecule has 35 heavy (non-hydrogen) atoms. The summed E-state index contributed by atoms with van der Waals surface area (Å²) in [5.74, 6) is 3.57. The topological polar surface area (TPSA) is 49.6 Å². The van der Waals surface area contributed by atoms with Gasteiger partial charge in [-0.25, -0.2) is 8.51 Å². The van der Waals surface area contributed by atoms with Gasteiger partial charge in [0.05, 0.1) is 0 Å². The van der Waals surface area contributed by atoms with Crippen LogP contribution in [0.5, 0.6) is 0 Å². The maximum absolute atomic E-state index is 13.3. The normalized spacial score (nSPS) is 44.8. The summed E-state index contributed by atoms with van der Waals surface area (Å²) in [6, 6.07) is 5.26. The molecule has 4 fully saturated rings. The van der Waals surface area contributed by atoms with Crippen molar-refractivity contribution in [3.63, 3.8) is 0 Å². The summed E-state index contributed by atoms with van der Waals surface area (Å²) in [5.41, 5.74) is 9.04. The van der Waals surface area contributed by atoms with E-state index in [9.17, 15) is 4.21 Å². The smallest absolute Gasteiger partial charge is 0.112 e. The van der Waals surface area contributed by atoms with Crippen molar-refractivity contribution in [2.75, 3.05) is 20.6 Å². The van der Waals surface area contributed by atoms with Crippen LogP contribution in [-0.2, 0) is 17.4 Å². The highest BCUT2D eigenvalue weighted by atomic mass is 32.2. The molecule has 0 amide bonds. The van der Waals surface area contributed by atoms with Crippen LogP contribution >= 0.6 is 11.3 Å². The summed E-state index contributed by atoms with van der Waals surface area (Å²) in [5, 5.41) is 1.75. The minimum atomic E-state index is -1.15. The molecular formula is C29H45N3OS2. The lowest BCUT2D eigenvalue weighted by molar-refractivity contribution is -0.0418. The van der Waals surface area contributed by atoms with E-state index < -0.39 is 11.0 Å². The molecule has 4 nitrogen and oxygen atoms in total. The van der Waals surface area contributed by atoms with E-state index in [-0.39, 0.29) is 5.37 Å². The van der Waals surface area contributed by atoms with Gasteiger partial charge < -0.3 is 10.6 Å². The zero-order valence-electron chi connectivity index (χ0n) is 22.1. The van der Waals surface area contributed by atoms with Crippen molar-refractivity contribution >= 4 is 22.3 Å². The molecule has 2 unspecified atom stereocenters. The van der Waals surface area contributed by atoms with Gasteiger partial charge in [0.1, 0.15) is 16.4 Å². The molecule has 5 aliphatic rings. The molecule has 2 heterocycles. The molecule has 2 N–H and O–H groups in total. The second-order valence-electron chi connectivity index (χ2n) is 12.9. The number of fused-ring (bicyclic) bond motifs is 4. The number of allylic oxidation sites excluding steroid dienone is 1. The Morgan fingerprint density at radius 3 is 2.80 bits per heavy atom. The number of hydrogen-bond donors (Lipinski definition) is 1. The van der Waals surface area contributed by atoms with Crippen LogP contribution in [0.1, 0.15) is 70.1 Å². The molecule has 3 saturated carbocycles. The maximum Gasteiger partial charge on any atom is 0.112 e. The molecule has 0 aromatic carbocycles. The van der Waals surface area contributed by atoms with Gasteiger partial charge in [0.25, 0.3) is 0 Å². The third-order valence-corrected chi connectivity index (χ3v) is 14.2. The fourth-order valence-corrected chi connectivity index (χ4v) is 11.9. The summed E-state index contributed by atoms with van der Waals surface area (Å²) in [4.78, 5) is 3.90. The molecule has 1 aromatic rings. The van der Waals surface area contributed by atoms with Gasteiger partial charge in [-0.3, -0.25) is 0 Å². The number of hydrogen-bond acceptors (Lipinski definition) is 4. The molecule has 1 aliphatic heterocycles. The van der Waals surface area contributed by atoms with E-state index in [1.165, 1.54) is 49.9 Å². The Morgan fingerprint density at radius 2 is 2.03 bits per heavy atom. The van der Waals surface area contributed by atoms with Crippen molar-refractivity contribution in [3.05, 3.63) is 34.0 Å². The van der Waals surface area contributed by atoms with E-state index in [4.69, 9.17) is 5.73 Å². The summed E-state index contributed by atoms with van der Waals surface area (Å²) >= 11 is 1.71. The first-order chi connectivity index (χ1) is 16.7. The van der Waals surface area contributed by atoms with Crippen LogP contribution in [0, 0.1) is 34.5 Å². The second kappa shape index (κ2) is 9.04. The van der Waals surface area contributed by atoms with Gasteiger partial charge in [0.2, 0.25) is 0 Å². The molecule has 1 spiro atoms. The Labute approximate surface area is 219 Å². The van der Waals surface area contributed by atoms with E-state index in [0.29, 0.717) is 23.3 Å². The van der Waals surface area contributed by atoms with E-state index in [0.717, 1.165) is 42.6 Å². The fourth-order valence-electron chi connectivity index (χ4n) is 9.81. The molecule has 10 atom stereocenters. The zero-order valence-corrected chi connectivity index (χ0v) is 23.8. The average Bonchev–Trinajstić information content (AvgIpc) is 3.54. The number of nitrogens with zero attached hydrogens (tertiary/aromatic N) is 2. The Bertz CT molecular complexity index is 994. The molecule has 1 aromatic heterocycles. The fraction of sp³-hybridized carbons (Fsp3) is 0.793. The van der Waals surface area contributed by atoms with E-state index in [2.05, 4.69) is 53.7 Å². The first kappa shape index (κ1) is 24.8. The van der Waals surface area contributed by atoms with Crippen molar-refractivity contribution in [1.82, 2.24) is 9.21 Å². The number of likely N-dealkylation sites (tertiary alicyclic amines) is 1. The largest absolute Gasteiger partial charge is 0.316 e. The Hall–Kier alpha value is -0.530. The molecule has 194 valence electrons. The minimum absolute atomic E-state index is 0.326. The first-order valence-corrected chi connectivity index (χ1v) is 16.1. The van der Waals surface area contributed by atoms with Gasteiger partial charge in [0, 0.05) is 37.0 Å². The number of nitrogens with two attached hydrogens (primary N) is 1. The highest BCUT2D eigenvalue weighted by molar-refractivity contribution is 7.83. The summed E-state index contributed by atoms with van der Waals surface area (Å²) in [6.45, 7) is 6.42. The minimum Gasteiger partial charge on any atom is -0.316 e. The zero-order chi connectivity index (χ0) is 24.5. The Kier molecular flexibility index (Phi) is 6.40. The van der Waals surface area contributed by atoms with Crippen LogP contribution in [0.2, 0.25) is 0 Å². The van der Waals surface area contributed by atoms with Gasteiger partial charge in [0.15, 0.2) is 0 Å². The first-order valence-electron chi connectivity index (χ1n) is 14.1. The molecule has 1 saturated heterocycles. The van der Waals surface area contributed by atoms with Crippen LogP contribution in [-0.4, -0.2) is 51.5 Å². The maximum atomic E-state index is 13.3. The molecule has 0 radical (unpaired) electrons. The molecular weight excluding hydrogens is 470 g/mol. The van der Waals surface area contributed by atoms with Gasteiger partial charge in [-0.15, -0.1) is 11.3 Å². The van der Waals surface area contributed by atoms with Crippen molar-refractivity contribution < 1.29 is 4.21 Å². The average molecular weight is 516 g/mol. The van der Waals surface area contributed by atoms with E-state index >= 15 is 0 Å². The molecule has 4 aliphatic carbocycles. The van der Waals surface area contributed by atoms with Gasteiger partial charge in [-0.2, -0.15) is 0 Å². The van der Waals surface area contributed by atoms with Gasteiger partial charge in [-0.05, 0) is 111 Å². The van der Waals surface area contributed by atoms with E-state index in [1.807, 2.05) is 7.05 Å². The quantitative estimate of drug-likeness (QED) is 0.532. The predicted molar refractivity (Wildman–Crippen MR) is 147 cm³/mol. The van der Waals surface area contributed by atoms with Crippen molar-refractivity contribution in [2.24, 2.45) is 40.2 Å². The SMILES string of the molecule is C[C@H]1[C@H]2CC[C@H]3[C@@H]4CC=C5C[C@@H](N(C)S(=O)[C@H](N)Cc6cccs6)CC[C@]5(C)C4CC[C@]23CN1C.